The Morgan fingerprint density at radius 3 is 2.46 bits per heavy atom. The molecule has 9 heteroatoms. The first-order valence-electron chi connectivity index (χ1n) is 9.05. The molecule has 2 rings (SSSR count). The fourth-order valence-corrected chi connectivity index (χ4v) is 2.96. The number of carboxylic acids is 1. The van der Waals surface area contributed by atoms with E-state index in [1.165, 1.54) is 29.2 Å². The van der Waals surface area contributed by atoms with Gasteiger partial charge in [-0.1, -0.05) is 13.8 Å². The van der Waals surface area contributed by atoms with Crippen molar-refractivity contribution in [2.24, 2.45) is 11.8 Å². The number of carboxylic acid groups (broad SMARTS) is 1. The SMILES string of the molecule is CC(C)[C@@H](NC(=O)C1CC(=O)N(c2ccc(F)cc2)C1)C(=O)NCCC(=O)O. The van der Waals surface area contributed by atoms with E-state index in [1.807, 2.05) is 0 Å². The predicted molar refractivity (Wildman–Crippen MR) is 98.9 cm³/mol. The zero-order valence-electron chi connectivity index (χ0n) is 15.8. The van der Waals surface area contributed by atoms with Crippen molar-refractivity contribution < 1.29 is 28.7 Å². The van der Waals surface area contributed by atoms with Gasteiger partial charge >= 0.3 is 5.97 Å². The van der Waals surface area contributed by atoms with Crippen molar-refractivity contribution in [3.8, 4) is 0 Å². The highest BCUT2D eigenvalue weighted by Gasteiger charge is 2.37. The minimum Gasteiger partial charge on any atom is -0.481 e. The Morgan fingerprint density at radius 2 is 1.89 bits per heavy atom. The second kappa shape index (κ2) is 9.29. The summed E-state index contributed by atoms with van der Waals surface area (Å²) in [5.41, 5.74) is 0.508. The number of nitrogens with one attached hydrogen (secondary N) is 2. The van der Waals surface area contributed by atoms with Crippen LogP contribution in [0.1, 0.15) is 26.7 Å². The van der Waals surface area contributed by atoms with Crippen LogP contribution in [0.3, 0.4) is 0 Å². The molecule has 0 saturated carbocycles. The predicted octanol–water partition coefficient (Wildman–Crippen LogP) is 0.910. The molecule has 2 atom stereocenters. The number of hydrogen-bond acceptors (Lipinski definition) is 4. The largest absolute Gasteiger partial charge is 0.481 e. The van der Waals surface area contributed by atoms with Crippen LogP contribution in [0.15, 0.2) is 24.3 Å². The van der Waals surface area contributed by atoms with E-state index >= 15 is 0 Å². The molecular weight excluding hydrogens is 369 g/mol. The number of hydrogen-bond donors (Lipinski definition) is 3. The Kier molecular flexibility index (Phi) is 7.08. The van der Waals surface area contributed by atoms with Crippen LogP contribution < -0.4 is 15.5 Å². The first kappa shape index (κ1) is 21.3. The second-order valence-corrected chi connectivity index (χ2v) is 7.05. The van der Waals surface area contributed by atoms with Crippen molar-refractivity contribution in [3.05, 3.63) is 30.1 Å². The third-order valence-corrected chi connectivity index (χ3v) is 4.52. The highest BCUT2D eigenvalue weighted by molar-refractivity contribution is 6.01. The molecule has 1 unspecified atom stereocenters. The van der Waals surface area contributed by atoms with Crippen molar-refractivity contribution in [2.45, 2.75) is 32.7 Å². The average Bonchev–Trinajstić information content (AvgIpc) is 3.01. The Bertz CT molecular complexity index is 750. The van der Waals surface area contributed by atoms with E-state index < -0.39 is 35.6 Å². The molecule has 1 aliphatic heterocycles. The maximum atomic E-state index is 13.1. The van der Waals surface area contributed by atoms with Crippen molar-refractivity contribution in [1.82, 2.24) is 10.6 Å². The van der Waals surface area contributed by atoms with Crippen LogP contribution in [-0.4, -0.2) is 47.9 Å². The van der Waals surface area contributed by atoms with E-state index in [2.05, 4.69) is 10.6 Å². The van der Waals surface area contributed by atoms with Crippen LogP contribution in [0.2, 0.25) is 0 Å². The molecule has 0 bridgehead atoms. The Hall–Kier alpha value is -2.97. The highest BCUT2D eigenvalue weighted by Crippen LogP contribution is 2.25. The molecule has 3 amide bonds. The van der Waals surface area contributed by atoms with Gasteiger partial charge in [-0.15, -0.1) is 0 Å². The first-order chi connectivity index (χ1) is 13.2. The quantitative estimate of drug-likeness (QED) is 0.607. The van der Waals surface area contributed by atoms with Crippen LogP contribution in [0.4, 0.5) is 10.1 Å². The van der Waals surface area contributed by atoms with E-state index in [1.54, 1.807) is 13.8 Å². The van der Waals surface area contributed by atoms with E-state index in [4.69, 9.17) is 5.11 Å². The molecule has 1 saturated heterocycles. The van der Waals surface area contributed by atoms with E-state index in [0.29, 0.717) is 5.69 Å². The molecule has 1 heterocycles. The molecule has 8 nitrogen and oxygen atoms in total. The molecule has 0 spiro atoms. The lowest BCUT2D eigenvalue weighted by atomic mass is 10.0. The van der Waals surface area contributed by atoms with Crippen LogP contribution in [0, 0.1) is 17.7 Å². The van der Waals surface area contributed by atoms with Gasteiger partial charge in [0.2, 0.25) is 17.7 Å². The third-order valence-electron chi connectivity index (χ3n) is 4.52. The van der Waals surface area contributed by atoms with Crippen molar-refractivity contribution in [1.29, 1.82) is 0 Å². The maximum Gasteiger partial charge on any atom is 0.305 e. The Balaban J connectivity index is 1.98. The lowest BCUT2D eigenvalue weighted by Crippen LogP contribution is -2.51. The van der Waals surface area contributed by atoms with Gasteiger partial charge in [-0.3, -0.25) is 19.2 Å². The van der Waals surface area contributed by atoms with Crippen LogP contribution >= 0.6 is 0 Å². The molecule has 0 aromatic heterocycles. The van der Waals surface area contributed by atoms with Gasteiger partial charge in [0.05, 0.1) is 12.3 Å². The number of carbonyl (C=O) groups is 4. The lowest BCUT2D eigenvalue weighted by molar-refractivity contribution is -0.137. The minimum atomic E-state index is -1.03. The van der Waals surface area contributed by atoms with Crippen molar-refractivity contribution in [2.75, 3.05) is 18.0 Å². The Morgan fingerprint density at radius 1 is 1.25 bits per heavy atom. The molecule has 0 radical (unpaired) electrons. The topological polar surface area (TPSA) is 116 Å². The number of nitrogens with zero attached hydrogens (tertiary/aromatic N) is 1. The molecule has 3 N–H and O–H groups in total. The standard InChI is InChI=1S/C19H24FN3O5/c1-11(2)17(19(28)21-8-7-16(25)26)22-18(27)12-9-15(24)23(10-12)14-5-3-13(20)4-6-14/h3-6,11-12,17H,7-10H2,1-2H3,(H,21,28)(H,22,27)(H,25,26)/t12?,17-/m1/s1. The smallest absolute Gasteiger partial charge is 0.305 e. The number of benzene rings is 1. The summed E-state index contributed by atoms with van der Waals surface area (Å²) in [6.07, 6.45) is -0.219. The van der Waals surface area contributed by atoms with E-state index in [0.717, 1.165) is 0 Å². The molecule has 1 aliphatic rings. The molecule has 1 aromatic carbocycles. The molecule has 1 aromatic rings. The zero-order chi connectivity index (χ0) is 20.8. The average molecular weight is 393 g/mol. The fraction of sp³-hybridized carbons (Fsp3) is 0.474. The molecule has 0 aliphatic carbocycles. The molecular formula is C19H24FN3O5. The molecule has 28 heavy (non-hydrogen) atoms. The van der Waals surface area contributed by atoms with E-state index in [-0.39, 0.29) is 37.8 Å². The van der Waals surface area contributed by atoms with E-state index in [9.17, 15) is 23.6 Å². The number of amides is 3. The van der Waals surface area contributed by atoms with Crippen molar-refractivity contribution in [3.63, 3.8) is 0 Å². The number of aliphatic carboxylic acids is 1. The summed E-state index contributed by atoms with van der Waals surface area (Å²) in [4.78, 5) is 49.1. The lowest BCUT2D eigenvalue weighted by Gasteiger charge is -2.23. The van der Waals surface area contributed by atoms with Crippen molar-refractivity contribution >= 4 is 29.4 Å². The maximum absolute atomic E-state index is 13.1. The van der Waals surface area contributed by atoms with Crippen LogP contribution in [0.25, 0.3) is 0 Å². The third kappa shape index (κ3) is 5.51. The summed E-state index contributed by atoms with van der Waals surface area (Å²) in [5.74, 6) is -3.45. The summed E-state index contributed by atoms with van der Waals surface area (Å²) >= 11 is 0. The second-order valence-electron chi connectivity index (χ2n) is 7.05. The first-order valence-corrected chi connectivity index (χ1v) is 9.05. The zero-order valence-corrected chi connectivity index (χ0v) is 15.8. The van der Waals surface area contributed by atoms with Crippen LogP contribution in [0.5, 0.6) is 0 Å². The summed E-state index contributed by atoms with van der Waals surface area (Å²) in [6.45, 7) is 3.62. The van der Waals surface area contributed by atoms with Gasteiger partial charge in [-0.25, -0.2) is 4.39 Å². The van der Waals surface area contributed by atoms with Gasteiger partial charge < -0.3 is 20.6 Å². The van der Waals surface area contributed by atoms with Gasteiger partial charge in [0.25, 0.3) is 0 Å². The minimum absolute atomic E-state index is 0.00530. The number of anilines is 1. The van der Waals surface area contributed by atoms with Gasteiger partial charge in [0.1, 0.15) is 11.9 Å². The van der Waals surface area contributed by atoms with Gasteiger partial charge in [-0.2, -0.15) is 0 Å². The normalized spacial score (nSPS) is 17.5. The van der Waals surface area contributed by atoms with Gasteiger partial charge in [0, 0.05) is 25.2 Å². The summed E-state index contributed by atoms with van der Waals surface area (Å²) in [7, 11) is 0. The molecule has 1 fully saturated rings. The monoisotopic (exact) mass is 393 g/mol. The summed E-state index contributed by atoms with van der Waals surface area (Å²) < 4.78 is 13.1. The summed E-state index contributed by atoms with van der Waals surface area (Å²) in [5, 5.41) is 13.8. The highest BCUT2D eigenvalue weighted by atomic mass is 19.1. The van der Waals surface area contributed by atoms with Gasteiger partial charge in [0.15, 0.2) is 0 Å². The molecule has 152 valence electrons. The number of rotatable bonds is 8. The summed E-state index contributed by atoms with van der Waals surface area (Å²) in [6, 6.07) is 4.59. The van der Waals surface area contributed by atoms with Crippen LogP contribution in [-0.2, 0) is 19.2 Å². The number of halogens is 1. The fourth-order valence-electron chi connectivity index (χ4n) is 2.96. The number of carbonyl (C=O) groups excluding carboxylic acids is 3. The Labute approximate surface area is 162 Å². The van der Waals surface area contributed by atoms with Gasteiger partial charge in [-0.05, 0) is 30.2 Å².